The van der Waals surface area contributed by atoms with E-state index in [0.29, 0.717) is 6.54 Å². The van der Waals surface area contributed by atoms with Crippen molar-refractivity contribution < 1.29 is 27.8 Å². The van der Waals surface area contributed by atoms with Crippen molar-refractivity contribution in [1.82, 2.24) is 9.80 Å². The van der Waals surface area contributed by atoms with Crippen molar-refractivity contribution in [3.8, 4) is 11.5 Å². The Balaban J connectivity index is 2.52. The predicted octanol–water partition coefficient (Wildman–Crippen LogP) is 2.42. The second kappa shape index (κ2) is 8.51. The number of halogens is 2. The van der Waals surface area contributed by atoms with E-state index in [4.69, 9.17) is 14.2 Å². The van der Waals surface area contributed by atoms with Crippen molar-refractivity contribution >= 4 is 18.0 Å². The highest BCUT2D eigenvalue weighted by atomic mass is 19.3. The van der Waals surface area contributed by atoms with Gasteiger partial charge >= 0.3 is 5.97 Å². The number of carbonyl (C=O) groups is 1. The Labute approximate surface area is 157 Å². The average Bonchev–Trinajstić information content (AvgIpc) is 2.60. The molecule has 1 aliphatic heterocycles. The number of hydrogen-bond acceptors (Lipinski definition) is 6. The Kier molecular flexibility index (Phi) is 6.59. The van der Waals surface area contributed by atoms with E-state index in [-0.39, 0.29) is 29.2 Å². The molecule has 1 aromatic rings. The van der Waals surface area contributed by atoms with Crippen LogP contribution in [0.1, 0.15) is 16.8 Å². The van der Waals surface area contributed by atoms with Crippen LogP contribution in [0, 0.1) is 0 Å². The van der Waals surface area contributed by atoms with Gasteiger partial charge in [-0.3, -0.25) is 0 Å². The maximum absolute atomic E-state index is 14.4. The second-order valence-electron chi connectivity index (χ2n) is 6.58. The number of hydrogen-bond donors (Lipinski definition) is 0. The standard InChI is InChI=1S/C18H25F2N3O4/c1-22(2)11-21-12-6-7-13(25-4)16(15(12)17(24)26-5)27-14-8-9-23(3)10-18(14,19)20/h6-7,11,14H,8-10H2,1-5H3/t14-/m1/s1. The number of methoxy groups -OCH3 is 2. The molecule has 0 aliphatic carbocycles. The molecular formula is C18H25F2N3O4. The third-order valence-electron chi connectivity index (χ3n) is 4.12. The zero-order chi connectivity index (χ0) is 20.2. The molecule has 0 radical (unpaired) electrons. The van der Waals surface area contributed by atoms with Crippen molar-refractivity contribution in [3.63, 3.8) is 0 Å². The summed E-state index contributed by atoms with van der Waals surface area (Å²) < 4.78 is 44.6. The van der Waals surface area contributed by atoms with Crippen molar-refractivity contribution in [2.24, 2.45) is 4.99 Å². The SMILES string of the molecule is COC(=O)c1c(N=CN(C)C)ccc(OC)c1O[C@@H]1CCN(C)CC1(F)F. The molecule has 0 saturated carbocycles. The van der Waals surface area contributed by atoms with Crippen LogP contribution in [0.3, 0.4) is 0 Å². The number of aliphatic imine (C=N–C) groups is 1. The first-order valence-corrected chi connectivity index (χ1v) is 8.42. The fraction of sp³-hybridized carbons (Fsp3) is 0.556. The summed E-state index contributed by atoms with van der Waals surface area (Å²) in [6, 6.07) is 3.07. The Morgan fingerprint density at radius 2 is 2.07 bits per heavy atom. The van der Waals surface area contributed by atoms with Crippen LogP contribution >= 0.6 is 0 Å². The Morgan fingerprint density at radius 1 is 1.37 bits per heavy atom. The van der Waals surface area contributed by atoms with Gasteiger partial charge in [0, 0.05) is 27.1 Å². The van der Waals surface area contributed by atoms with E-state index in [9.17, 15) is 13.6 Å². The number of rotatable bonds is 6. The molecule has 150 valence electrons. The Morgan fingerprint density at radius 3 is 2.63 bits per heavy atom. The largest absolute Gasteiger partial charge is 0.493 e. The van der Waals surface area contributed by atoms with Gasteiger partial charge in [0.25, 0.3) is 5.92 Å². The molecule has 0 aromatic heterocycles. The first-order chi connectivity index (χ1) is 12.7. The van der Waals surface area contributed by atoms with Gasteiger partial charge in [0.1, 0.15) is 5.56 Å². The third-order valence-corrected chi connectivity index (χ3v) is 4.12. The van der Waals surface area contributed by atoms with Crippen molar-refractivity contribution in [2.75, 3.05) is 48.5 Å². The highest BCUT2D eigenvalue weighted by Gasteiger charge is 2.46. The Bertz CT molecular complexity index is 710. The fourth-order valence-corrected chi connectivity index (χ4v) is 2.79. The van der Waals surface area contributed by atoms with E-state index in [1.54, 1.807) is 32.1 Å². The lowest BCUT2D eigenvalue weighted by Gasteiger charge is -2.36. The summed E-state index contributed by atoms with van der Waals surface area (Å²) in [7, 11) is 7.73. The van der Waals surface area contributed by atoms with Crippen LogP contribution in [0.4, 0.5) is 14.5 Å². The van der Waals surface area contributed by atoms with Gasteiger partial charge in [0.2, 0.25) is 0 Å². The van der Waals surface area contributed by atoms with Gasteiger partial charge in [-0.15, -0.1) is 0 Å². The minimum atomic E-state index is -3.08. The normalized spacial score (nSPS) is 19.7. The monoisotopic (exact) mass is 385 g/mol. The lowest BCUT2D eigenvalue weighted by molar-refractivity contribution is -0.135. The number of alkyl halides is 2. The Hall–Kier alpha value is -2.42. The maximum Gasteiger partial charge on any atom is 0.344 e. The van der Waals surface area contributed by atoms with Crippen LogP contribution in [0.5, 0.6) is 11.5 Å². The quantitative estimate of drug-likeness (QED) is 0.426. The highest BCUT2D eigenvalue weighted by Crippen LogP contribution is 2.41. The van der Waals surface area contributed by atoms with Gasteiger partial charge in [0.05, 0.1) is 32.8 Å². The van der Waals surface area contributed by atoms with Gasteiger partial charge in [-0.25, -0.2) is 18.6 Å². The number of likely N-dealkylation sites (tertiary alicyclic amines) is 1. The maximum atomic E-state index is 14.4. The highest BCUT2D eigenvalue weighted by molar-refractivity contribution is 5.99. The molecule has 1 fully saturated rings. The van der Waals surface area contributed by atoms with E-state index >= 15 is 0 Å². The van der Waals surface area contributed by atoms with Gasteiger partial charge in [-0.1, -0.05) is 0 Å². The lowest BCUT2D eigenvalue weighted by Crippen LogP contribution is -2.52. The number of esters is 1. The topological polar surface area (TPSA) is 63.6 Å². The molecule has 0 bridgehead atoms. The summed E-state index contributed by atoms with van der Waals surface area (Å²) >= 11 is 0. The molecule has 0 N–H and O–H groups in total. The van der Waals surface area contributed by atoms with E-state index in [1.165, 1.54) is 31.5 Å². The molecule has 1 atom stereocenters. The molecule has 0 spiro atoms. The van der Waals surface area contributed by atoms with Crippen molar-refractivity contribution in [1.29, 1.82) is 0 Å². The molecule has 2 rings (SSSR count). The lowest BCUT2D eigenvalue weighted by atomic mass is 10.0. The predicted molar refractivity (Wildman–Crippen MR) is 97.6 cm³/mol. The van der Waals surface area contributed by atoms with Crippen LogP contribution in [0.25, 0.3) is 0 Å². The molecule has 1 aliphatic rings. The van der Waals surface area contributed by atoms with Gasteiger partial charge < -0.3 is 24.0 Å². The summed E-state index contributed by atoms with van der Waals surface area (Å²) in [5.74, 6) is -3.75. The third kappa shape index (κ3) is 4.85. The molecule has 0 unspecified atom stereocenters. The van der Waals surface area contributed by atoms with Gasteiger partial charge in [-0.05, 0) is 19.2 Å². The van der Waals surface area contributed by atoms with Crippen LogP contribution in [-0.2, 0) is 4.74 Å². The summed E-state index contributed by atoms with van der Waals surface area (Å²) in [4.78, 5) is 19.8. The molecule has 1 saturated heterocycles. The number of ether oxygens (including phenoxy) is 3. The zero-order valence-electron chi connectivity index (χ0n) is 16.2. The summed E-state index contributed by atoms with van der Waals surface area (Å²) in [6.45, 7) is 0.0284. The summed E-state index contributed by atoms with van der Waals surface area (Å²) in [6.07, 6.45) is 0.208. The molecule has 9 heteroatoms. The van der Waals surface area contributed by atoms with E-state index < -0.39 is 24.5 Å². The average molecular weight is 385 g/mol. The van der Waals surface area contributed by atoms with Crippen LogP contribution in [0.2, 0.25) is 0 Å². The first-order valence-electron chi connectivity index (χ1n) is 8.42. The van der Waals surface area contributed by atoms with Crippen LogP contribution in [0.15, 0.2) is 17.1 Å². The summed E-state index contributed by atoms with van der Waals surface area (Å²) in [5, 5.41) is 0. The number of benzene rings is 1. The fourth-order valence-electron chi connectivity index (χ4n) is 2.79. The second-order valence-corrected chi connectivity index (χ2v) is 6.58. The zero-order valence-corrected chi connectivity index (χ0v) is 16.2. The molecule has 27 heavy (non-hydrogen) atoms. The van der Waals surface area contributed by atoms with E-state index in [2.05, 4.69) is 4.99 Å². The summed E-state index contributed by atoms with van der Waals surface area (Å²) in [5.41, 5.74) is 0.187. The minimum Gasteiger partial charge on any atom is -0.493 e. The minimum absolute atomic E-state index is 0.0512. The molecular weight excluding hydrogens is 360 g/mol. The van der Waals surface area contributed by atoms with Crippen molar-refractivity contribution in [2.45, 2.75) is 18.4 Å². The number of carbonyl (C=O) groups excluding carboxylic acids is 1. The molecule has 0 amide bonds. The van der Waals surface area contributed by atoms with E-state index in [0.717, 1.165) is 0 Å². The van der Waals surface area contributed by atoms with Crippen LogP contribution < -0.4 is 9.47 Å². The number of nitrogens with zero attached hydrogens (tertiary/aromatic N) is 3. The molecule has 1 aromatic carbocycles. The van der Waals surface area contributed by atoms with Crippen LogP contribution in [-0.4, -0.2) is 82.6 Å². The molecule has 7 nitrogen and oxygen atoms in total. The van der Waals surface area contributed by atoms with Crippen molar-refractivity contribution in [3.05, 3.63) is 17.7 Å². The number of piperidine rings is 1. The smallest absolute Gasteiger partial charge is 0.344 e. The van der Waals surface area contributed by atoms with E-state index in [1.807, 2.05) is 0 Å². The molecule has 1 heterocycles. The first kappa shape index (κ1) is 20.9. The van der Waals surface area contributed by atoms with Gasteiger partial charge in [-0.2, -0.15) is 0 Å². The van der Waals surface area contributed by atoms with Gasteiger partial charge in [0.15, 0.2) is 17.6 Å².